The highest BCUT2D eigenvalue weighted by atomic mass is 127. The quantitative estimate of drug-likeness (QED) is 0.166. The van der Waals surface area contributed by atoms with E-state index in [1.165, 1.54) is 0 Å². The maximum atomic E-state index is 15.0. The minimum atomic E-state index is -1.31. The molecular weight excluding hydrogens is 705 g/mol. The number of hydrogen-bond acceptors (Lipinski definition) is 9. The van der Waals surface area contributed by atoms with Crippen molar-refractivity contribution < 1.29 is 38.5 Å². The monoisotopic (exact) mass is 753 g/mol. The van der Waals surface area contributed by atoms with Crippen molar-refractivity contribution >= 4 is 40.4 Å². The SMILES string of the molecule is CCCCCC1(CCCCC)O[C@@H]2[C@H]3ON(Cc4ccc(I)cc4)[C@H]4C(=O)OC(CC34C(=O)N3CCC[C@@H]3C(=O)NCCO)[C@@H]2O1. The number of fused-ring (bicyclic) bond motifs is 4. The van der Waals surface area contributed by atoms with E-state index in [0.717, 1.165) is 60.5 Å². The summed E-state index contributed by atoms with van der Waals surface area (Å²) < 4.78 is 21.1. The summed E-state index contributed by atoms with van der Waals surface area (Å²) in [6.07, 6.45) is 6.37. The second kappa shape index (κ2) is 14.3. The van der Waals surface area contributed by atoms with Crippen LogP contribution in [0.25, 0.3) is 0 Å². The molecule has 7 atom stereocenters. The lowest BCUT2D eigenvalue weighted by molar-refractivity contribution is -0.225. The van der Waals surface area contributed by atoms with E-state index in [1.807, 2.05) is 24.3 Å². The fourth-order valence-corrected chi connectivity index (χ4v) is 8.65. The zero-order valence-corrected chi connectivity index (χ0v) is 29.1. The Bertz CT molecular complexity index is 1260. The molecule has 0 aromatic heterocycles. The van der Waals surface area contributed by atoms with Gasteiger partial charge in [0.2, 0.25) is 11.8 Å². The summed E-state index contributed by atoms with van der Waals surface area (Å²) in [4.78, 5) is 50.6. The largest absolute Gasteiger partial charge is 0.458 e. The molecule has 0 spiro atoms. The van der Waals surface area contributed by atoms with Gasteiger partial charge in [0.1, 0.15) is 35.9 Å². The minimum absolute atomic E-state index is 0.113. The highest BCUT2D eigenvalue weighted by molar-refractivity contribution is 14.1. The molecule has 5 aliphatic rings. The number of ether oxygens (including phenoxy) is 3. The van der Waals surface area contributed by atoms with E-state index in [2.05, 4.69) is 41.8 Å². The Morgan fingerprint density at radius 3 is 2.41 bits per heavy atom. The summed E-state index contributed by atoms with van der Waals surface area (Å²) in [7, 11) is 0. The minimum Gasteiger partial charge on any atom is -0.458 e. The number of esters is 1. The third kappa shape index (κ3) is 6.22. The van der Waals surface area contributed by atoms with Crippen LogP contribution in [0.15, 0.2) is 24.3 Å². The van der Waals surface area contributed by atoms with Gasteiger partial charge in [0.05, 0.1) is 13.2 Å². The average molecular weight is 754 g/mol. The van der Waals surface area contributed by atoms with Gasteiger partial charge in [0, 0.05) is 35.9 Å². The molecular formula is C34H48IN3O8. The third-order valence-corrected chi connectivity index (χ3v) is 11.2. The fourth-order valence-electron chi connectivity index (χ4n) is 8.29. The number of carbonyl (C=O) groups excluding carboxylic acids is 3. The Morgan fingerprint density at radius 2 is 1.74 bits per heavy atom. The van der Waals surface area contributed by atoms with Gasteiger partial charge >= 0.3 is 5.97 Å². The molecule has 12 heteroatoms. The maximum absolute atomic E-state index is 15.0. The van der Waals surface area contributed by atoms with Crippen molar-refractivity contribution in [1.82, 2.24) is 15.3 Å². The number of carbonyl (C=O) groups is 3. The number of hydrogen-bond donors (Lipinski definition) is 2. The smallest absolute Gasteiger partial charge is 0.327 e. The number of rotatable bonds is 14. The number of halogens is 1. The zero-order chi connectivity index (χ0) is 32.5. The molecule has 4 heterocycles. The van der Waals surface area contributed by atoms with E-state index >= 15 is 4.79 Å². The van der Waals surface area contributed by atoms with Crippen LogP contribution >= 0.6 is 22.6 Å². The molecule has 1 saturated carbocycles. The van der Waals surface area contributed by atoms with Crippen LogP contribution in [0, 0.1) is 8.99 Å². The lowest BCUT2D eigenvalue weighted by Gasteiger charge is -2.50. The number of likely N-dealkylation sites (tertiary alicyclic amines) is 1. The van der Waals surface area contributed by atoms with Gasteiger partial charge in [-0.3, -0.25) is 19.2 Å². The standard InChI is InChI=1S/C34H48IN3O8/c1-3-5-7-15-33(16-8-6-4-2)44-26-25-20-34(32(42)37-18-9-10-24(37)30(40)36-17-19-39)28(31(41)43-25)38(46-29(34)27(26)45-33)21-22-11-13-23(35)14-12-22/h11-14,24-29,39H,3-10,15-21H2,1-2H3,(H,36,40)/t24-,25?,26+,27+,28+,29-,34?/m1/s1. The van der Waals surface area contributed by atoms with Crippen molar-refractivity contribution in [1.29, 1.82) is 0 Å². The Kier molecular flexibility index (Phi) is 10.6. The Labute approximate surface area is 285 Å². The van der Waals surface area contributed by atoms with Gasteiger partial charge in [0.15, 0.2) is 11.8 Å². The zero-order valence-electron chi connectivity index (χ0n) is 27.0. The Morgan fingerprint density at radius 1 is 1.04 bits per heavy atom. The van der Waals surface area contributed by atoms with Crippen LogP contribution in [-0.2, 0) is 40.0 Å². The Balaban J connectivity index is 1.37. The van der Waals surface area contributed by atoms with Gasteiger partial charge < -0.3 is 29.5 Å². The van der Waals surface area contributed by atoms with Crippen LogP contribution in [0.5, 0.6) is 0 Å². The van der Waals surface area contributed by atoms with E-state index < -0.39 is 53.7 Å². The van der Waals surface area contributed by atoms with Crippen molar-refractivity contribution in [3.63, 3.8) is 0 Å². The van der Waals surface area contributed by atoms with Crippen molar-refractivity contribution in [2.75, 3.05) is 19.7 Å². The van der Waals surface area contributed by atoms with Crippen LogP contribution in [0.2, 0.25) is 0 Å². The molecule has 2 amide bonds. The van der Waals surface area contributed by atoms with E-state index in [1.54, 1.807) is 9.96 Å². The number of unbranched alkanes of at least 4 members (excludes halogenated alkanes) is 4. The first kappa shape index (κ1) is 34.0. The van der Waals surface area contributed by atoms with Gasteiger partial charge in [-0.25, -0.2) is 0 Å². The molecule has 6 rings (SSSR count). The second-order valence-corrected chi connectivity index (χ2v) is 14.8. The number of nitrogens with one attached hydrogen (secondary N) is 1. The van der Waals surface area contributed by atoms with Crippen molar-refractivity contribution in [2.45, 2.75) is 133 Å². The van der Waals surface area contributed by atoms with Crippen LogP contribution in [-0.4, -0.2) is 94.8 Å². The highest BCUT2D eigenvalue weighted by Gasteiger charge is 2.77. The average Bonchev–Trinajstić information content (AvgIpc) is 3.77. The van der Waals surface area contributed by atoms with Gasteiger partial charge in [-0.2, -0.15) is 5.06 Å². The molecule has 4 aliphatic heterocycles. The van der Waals surface area contributed by atoms with Crippen LogP contribution in [0.1, 0.15) is 90.0 Å². The normalized spacial score (nSPS) is 32.8. The van der Waals surface area contributed by atoms with Crippen LogP contribution in [0.3, 0.4) is 0 Å². The molecule has 0 radical (unpaired) electrons. The molecule has 11 nitrogen and oxygen atoms in total. The number of aliphatic hydroxyl groups excluding tert-OH is 1. The number of hydroxylamine groups is 2. The topological polar surface area (TPSA) is 127 Å². The van der Waals surface area contributed by atoms with Crippen LogP contribution < -0.4 is 5.32 Å². The van der Waals surface area contributed by atoms with Gasteiger partial charge in [0.25, 0.3) is 0 Å². The molecule has 46 heavy (non-hydrogen) atoms. The summed E-state index contributed by atoms with van der Waals surface area (Å²) >= 11 is 2.25. The first-order valence-corrected chi connectivity index (χ1v) is 18.3. The summed E-state index contributed by atoms with van der Waals surface area (Å²) in [5.74, 6) is -1.91. The van der Waals surface area contributed by atoms with Crippen molar-refractivity contribution in [3.05, 3.63) is 33.4 Å². The lowest BCUT2D eigenvalue weighted by atomic mass is 9.62. The van der Waals surface area contributed by atoms with E-state index in [-0.39, 0.29) is 37.9 Å². The first-order chi connectivity index (χ1) is 22.3. The fraction of sp³-hybridized carbons (Fsp3) is 0.735. The number of amides is 2. The van der Waals surface area contributed by atoms with Gasteiger partial charge in [-0.15, -0.1) is 0 Å². The second-order valence-electron chi connectivity index (χ2n) is 13.5. The summed E-state index contributed by atoms with van der Waals surface area (Å²) in [5, 5.41) is 13.7. The molecule has 1 aliphatic carbocycles. The van der Waals surface area contributed by atoms with Gasteiger partial charge in [-0.05, 0) is 66.0 Å². The maximum Gasteiger partial charge on any atom is 0.327 e. The molecule has 4 saturated heterocycles. The third-order valence-electron chi connectivity index (χ3n) is 10.5. The molecule has 2 bridgehead atoms. The predicted molar refractivity (Wildman–Crippen MR) is 176 cm³/mol. The first-order valence-electron chi connectivity index (χ1n) is 17.2. The summed E-state index contributed by atoms with van der Waals surface area (Å²) in [6.45, 7) is 4.95. The number of benzene rings is 1. The Hall–Kier alpha value is -1.84. The molecule has 254 valence electrons. The molecule has 5 fully saturated rings. The predicted octanol–water partition coefficient (Wildman–Crippen LogP) is 3.83. The summed E-state index contributed by atoms with van der Waals surface area (Å²) in [5.41, 5.74) is -0.371. The molecule has 1 aromatic rings. The lowest BCUT2D eigenvalue weighted by Crippen LogP contribution is -2.70. The number of nitrogens with zero attached hydrogens (tertiary/aromatic N) is 2. The van der Waals surface area contributed by atoms with E-state index in [0.29, 0.717) is 19.4 Å². The number of aliphatic hydroxyl groups is 1. The van der Waals surface area contributed by atoms with Gasteiger partial charge in [-0.1, -0.05) is 51.7 Å². The molecule has 2 unspecified atom stereocenters. The van der Waals surface area contributed by atoms with Crippen LogP contribution in [0.4, 0.5) is 0 Å². The van der Waals surface area contributed by atoms with E-state index in [4.69, 9.17) is 19.0 Å². The van der Waals surface area contributed by atoms with Crippen molar-refractivity contribution in [2.24, 2.45) is 5.41 Å². The van der Waals surface area contributed by atoms with E-state index in [9.17, 15) is 14.7 Å². The highest BCUT2D eigenvalue weighted by Crippen LogP contribution is 2.59. The summed E-state index contributed by atoms with van der Waals surface area (Å²) in [6, 6.07) is 6.30. The van der Waals surface area contributed by atoms with Crippen molar-refractivity contribution in [3.8, 4) is 0 Å². The molecule has 1 aromatic carbocycles. The molecule has 2 N–H and O–H groups in total.